The van der Waals surface area contributed by atoms with Crippen LogP contribution in [0.1, 0.15) is 35.1 Å². The number of fused-ring (bicyclic) bond motifs is 11. The van der Waals surface area contributed by atoms with Crippen molar-refractivity contribution in [1.29, 1.82) is 0 Å². The van der Waals surface area contributed by atoms with Crippen molar-refractivity contribution in [3.8, 4) is 51.0 Å². The molecule has 0 bridgehead atoms. The van der Waals surface area contributed by atoms with E-state index < -0.39 is 5.41 Å². The average molecular weight is 742 g/mol. The van der Waals surface area contributed by atoms with E-state index >= 15 is 0 Å². The van der Waals surface area contributed by atoms with Gasteiger partial charge < -0.3 is 4.74 Å². The molecule has 4 nitrogen and oxygen atoms in total. The van der Waals surface area contributed by atoms with Crippen molar-refractivity contribution in [2.75, 3.05) is 0 Å². The van der Waals surface area contributed by atoms with Crippen LogP contribution < -0.4 is 4.74 Å². The van der Waals surface area contributed by atoms with Crippen LogP contribution in [0, 0.1) is 0 Å². The minimum absolute atomic E-state index is 0.486. The lowest BCUT2D eigenvalue weighted by atomic mass is 9.64. The van der Waals surface area contributed by atoms with Crippen molar-refractivity contribution in [2.45, 2.75) is 18.3 Å². The number of benzene rings is 8. The molecule has 1 aliphatic heterocycles. The van der Waals surface area contributed by atoms with E-state index in [-0.39, 0.29) is 0 Å². The summed E-state index contributed by atoms with van der Waals surface area (Å²) in [6.45, 7) is 0. The van der Waals surface area contributed by atoms with E-state index in [0.29, 0.717) is 17.5 Å². The Bertz CT molecular complexity index is 3170. The maximum Gasteiger partial charge on any atom is 0.164 e. The Morgan fingerprint density at radius 1 is 0.414 bits per heavy atom. The van der Waals surface area contributed by atoms with Crippen LogP contribution in [0.15, 0.2) is 199 Å². The molecular weight excluding hydrogens is 707 g/mol. The molecule has 1 spiro atoms. The molecule has 1 aromatic heterocycles. The first-order chi connectivity index (χ1) is 28.7. The monoisotopic (exact) mass is 741 g/mol. The third-order valence-electron chi connectivity index (χ3n) is 12.3. The molecule has 0 fully saturated rings. The van der Waals surface area contributed by atoms with Crippen LogP contribution in [0.3, 0.4) is 0 Å². The van der Waals surface area contributed by atoms with Gasteiger partial charge in [0.1, 0.15) is 11.5 Å². The summed E-state index contributed by atoms with van der Waals surface area (Å²) in [5, 5.41) is 4.83. The first-order valence-electron chi connectivity index (χ1n) is 20.0. The van der Waals surface area contributed by atoms with Gasteiger partial charge in [-0.25, -0.2) is 15.0 Å². The van der Waals surface area contributed by atoms with Gasteiger partial charge in [0.05, 0.1) is 5.41 Å². The zero-order valence-electron chi connectivity index (χ0n) is 31.6. The minimum Gasteiger partial charge on any atom is -0.461 e. The third kappa shape index (κ3) is 4.91. The number of ether oxygens (including phenoxy) is 1. The lowest BCUT2D eigenvalue weighted by molar-refractivity contribution is 0.365. The van der Waals surface area contributed by atoms with Crippen molar-refractivity contribution < 1.29 is 4.74 Å². The number of hydrogen-bond donors (Lipinski definition) is 0. The number of rotatable bonds is 4. The van der Waals surface area contributed by atoms with Gasteiger partial charge in [-0.15, -0.1) is 0 Å². The highest BCUT2D eigenvalue weighted by molar-refractivity contribution is 6.08. The van der Waals surface area contributed by atoms with E-state index in [0.717, 1.165) is 52.0 Å². The average Bonchev–Trinajstić information content (AvgIpc) is 3.59. The SMILES string of the molecule is C1=C(c2cccc(-c3nc(-c4ccccc4)nc(-c4ccc5c(ccc6ccccc65)c4)n3)c2)CCC2=C1C1(c3ccccc3O2)c2ccccc2-c2ccccc21. The number of para-hydroxylation sites is 1. The Morgan fingerprint density at radius 2 is 1.00 bits per heavy atom. The second-order valence-electron chi connectivity index (χ2n) is 15.4. The van der Waals surface area contributed by atoms with Gasteiger partial charge in [-0.2, -0.15) is 0 Å². The van der Waals surface area contributed by atoms with Crippen LogP contribution in [0.25, 0.3) is 72.4 Å². The van der Waals surface area contributed by atoms with Gasteiger partial charge in [0.2, 0.25) is 0 Å². The first-order valence-corrected chi connectivity index (χ1v) is 20.0. The number of nitrogens with zero attached hydrogens (tertiary/aromatic N) is 3. The Morgan fingerprint density at radius 3 is 1.79 bits per heavy atom. The Kier molecular flexibility index (Phi) is 7.24. The normalized spacial score (nSPS) is 14.7. The van der Waals surface area contributed by atoms with Gasteiger partial charge in [-0.05, 0) is 79.6 Å². The Labute approximate surface area is 336 Å². The van der Waals surface area contributed by atoms with Gasteiger partial charge >= 0.3 is 0 Å². The molecular formula is C54H35N3O. The van der Waals surface area contributed by atoms with Crippen molar-refractivity contribution in [2.24, 2.45) is 0 Å². The zero-order chi connectivity index (χ0) is 38.2. The summed E-state index contributed by atoms with van der Waals surface area (Å²) in [6.07, 6.45) is 4.07. The van der Waals surface area contributed by atoms with Crippen LogP contribution in [-0.2, 0) is 5.41 Å². The molecule has 9 aromatic rings. The maximum atomic E-state index is 6.80. The summed E-state index contributed by atoms with van der Waals surface area (Å²) in [7, 11) is 0. The van der Waals surface area contributed by atoms with Crippen molar-refractivity contribution in [1.82, 2.24) is 15.0 Å². The lowest BCUT2D eigenvalue weighted by Gasteiger charge is -2.42. The zero-order valence-corrected chi connectivity index (χ0v) is 31.6. The summed E-state index contributed by atoms with van der Waals surface area (Å²) in [6, 6.07) is 64.7. The molecule has 3 aliphatic rings. The van der Waals surface area contributed by atoms with Crippen LogP contribution in [0.5, 0.6) is 5.75 Å². The fourth-order valence-electron chi connectivity index (χ4n) is 9.68. The van der Waals surface area contributed by atoms with Crippen LogP contribution >= 0.6 is 0 Å². The van der Waals surface area contributed by atoms with Crippen molar-refractivity contribution >= 4 is 27.1 Å². The molecule has 12 rings (SSSR count). The largest absolute Gasteiger partial charge is 0.461 e. The third-order valence-corrected chi connectivity index (χ3v) is 12.3. The van der Waals surface area contributed by atoms with Crippen LogP contribution in [-0.4, -0.2) is 15.0 Å². The highest BCUT2D eigenvalue weighted by Crippen LogP contribution is 2.62. The standard InChI is InChI=1S/C54H35N3O/c1-2-14-35(15-3-1)51-55-52(57-53(56-51)40-27-29-42-38(32-40)26-25-34-13-4-5-18-41(34)42)39-17-12-16-36(31-39)37-28-30-50-48(33-37)54(47-23-10-11-24-49(47)58-50)45-21-8-6-19-43(45)44-20-7-9-22-46(44)54/h1-27,29,31-33H,28,30H2. The Hall–Kier alpha value is -7.43. The molecule has 58 heavy (non-hydrogen) atoms. The molecule has 0 saturated heterocycles. The number of allylic oxidation sites excluding steroid dienone is 4. The highest BCUT2D eigenvalue weighted by atomic mass is 16.5. The molecule has 272 valence electrons. The van der Waals surface area contributed by atoms with Gasteiger partial charge in [-0.3, -0.25) is 0 Å². The molecule has 0 N–H and O–H groups in total. The fourth-order valence-corrected chi connectivity index (χ4v) is 9.68. The molecule has 0 atom stereocenters. The van der Waals surface area contributed by atoms with E-state index in [1.54, 1.807) is 0 Å². The van der Waals surface area contributed by atoms with E-state index in [4.69, 9.17) is 19.7 Å². The molecule has 8 aromatic carbocycles. The van der Waals surface area contributed by atoms with Crippen molar-refractivity contribution in [3.05, 3.63) is 222 Å². The summed E-state index contributed by atoms with van der Waals surface area (Å²) in [5.41, 5.74) is 12.4. The second-order valence-corrected chi connectivity index (χ2v) is 15.4. The van der Waals surface area contributed by atoms with Gasteiger partial charge in [0.15, 0.2) is 17.5 Å². The molecule has 0 radical (unpaired) electrons. The Balaban J connectivity index is 1.00. The lowest BCUT2D eigenvalue weighted by Crippen LogP contribution is -2.35. The summed E-state index contributed by atoms with van der Waals surface area (Å²) in [4.78, 5) is 15.4. The molecule has 4 heteroatoms. The maximum absolute atomic E-state index is 6.80. The van der Waals surface area contributed by atoms with Crippen LogP contribution in [0.2, 0.25) is 0 Å². The van der Waals surface area contributed by atoms with E-state index in [9.17, 15) is 0 Å². The van der Waals surface area contributed by atoms with Crippen LogP contribution in [0.4, 0.5) is 0 Å². The minimum atomic E-state index is -0.486. The molecule has 0 amide bonds. The van der Waals surface area contributed by atoms with E-state index in [1.165, 1.54) is 55.1 Å². The number of hydrogen-bond acceptors (Lipinski definition) is 4. The molecule has 2 heterocycles. The van der Waals surface area contributed by atoms with Gasteiger partial charge in [-0.1, -0.05) is 170 Å². The summed E-state index contributed by atoms with van der Waals surface area (Å²) >= 11 is 0. The fraction of sp³-hybridized carbons (Fsp3) is 0.0556. The second kappa shape index (κ2) is 12.8. The highest BCUT2D eigenvalue weighted by Gasteiger charge is 2.52. The molecule has 0 saturated carbocycles. The molecule has 0 unspecified atom stereocenters. The first kappa shape index (κ1) is 32.8. The topological polar surface area (TPSA) is 47.9 Å². The van der Waals surface area contributed by atoms with E-state index in [2.05, 4.69) is 170 Å². The molecule has 2 aliphatic carbocycles. The summed E-state index contributed by atoms with van der Waals surface area (Å²) < 4.78 is 6.80. The predicted octanol–water partition coefficient (Wildman–Crippen LogP) is 13.0. The van der Waals surface area contributed by atoms with E-state index in [1.807, 2.05) is 18.2 Å². The predicted molar refractivity (Wildman–Crippen MR) is 234 cm³/mol. The van der Waals surface area contributed by atoms with Gasteiger partial charge in [0.25, 0.3) is 0 Å². The van der Waals surface area contributed by atoms with Crippen molar-refractivity contribution in [3.63, 3.8) is 0 Å². The number of aromatic nitrogens is 3. The quantitative estimate of drug-likeness (QED) is 0.169. The summed E-state index contributed by atoms with van der Waals surface area (Å²) in [5.74, 6) is 3.92. The smallest absolute Gasteiger partial charge is 0.164 e. The van der Waals surface area contributed by atoms with Gasteiger partial charge in [0, 0.05) is 34.2 Å².